The molecule has 1 fully saturated rings. The summed E-state index contributed by atoms with van der Waals surface area (Å²) in [4.78, 5) is 22.2. The molecule has 0 aliphatic carbocycles. The first kappa shape index (κ1) is 17.0. The molecule has 1 aliphatic heterocycles. The van der Waals surface area contributed by atoms with Crippen molar-refractivity contribution in [2.75, 3.05) is 5.32 Å². The maximum atomic E-state index is 12.0. The molecule has 0 spiro atoms. The third-order valence-electron chi connectivity index (χ3n) is 4.79. The summed E-state index contributed by atoms with van der Waals surface area (Å²) >= 11 is 1.63. The number of hydrogen-bond donors (Lipinski definition) is 2. The minimum absolute atomic E-state index is 0.0546. The highest BCUT2D eigenvalue weighted by Gasteiger charge is 2.31. The van der Waals surface area contributed by atoms with Gasteiger partial charge in [0.25, 0.3) is 0 Å². The summed E-state index contributed by atoms with van der Waals surface area (Å²) in [7, 11) is 0. The van der Waals surface area contributed by atoms with Crippen LogP contribution in [0.25, 0.3) is 10.2 Å². The van der Waals surface area contributed by atoms with Gasteiger partial charge in [0.05, 0.1) is 23.7 Å². The molecule has 3 aromatic heterocycles. The van der Waals surface area contributed by atoms with Gasteiger partial charge in [-0.15, -0.1) is 11.3 Å². The van der Waals surface area contributed by atoms with E-state index in [1.807, 2.05) is 30.9 Å². The predicted molar refractivity (Wildman–Crippen MR) is 102 cm³/mol. The summed E-state index contributed by atoms with van der Waals surface area (Å²) < 4.78 is 1.88. The third kappa shape index (κ3) is 3.05. The Morgan fingerprint density at radius 2 is 2.23 bits per heavy atom. The van der Waals surface area contributed by atoms with Gasteiger partial charge >= 0.3 is 0 Å². The van der Waals surface area contributed by atoms with Crippen molar-refractivity contribution < 1.29 is 4.79 Å². The molecule has 8 heteroatoms. The van der Waals surface area contributed by atoms with E-state index in [0.29, 0.717) is 6.42 Å². The molecule has 4 rings (SSSR count). The average Bonchev–Trinajstić information content (AvgIpc) is 3.23. The minimum atomic E-state index is -0.124. The zero-order chi connectivity index (χ0) is 18.3. The van der Waals surface area contributed by atoms with E-state index in [9.17, 15) is 4.79 Å². The number of fused-ring (bicyclic) bond motifs is 1. The first-order valence-electron chi connectivity index (χ1n) is 8.86. The highest BCUT2D eigenvalue weighted by Crippen LogP contribution is 2.33. The van der Waals surface area contributed by atoms with Crippen molar-refractivity contribution in [2.24, 2.45) is 0 Å². The smallest absolute Gasteiger partial charge is 0.220 e. The van der Waals surface area contributed by atoms with E-state index in [0.717, 1.165) is 40.4 Å². The molecule has 7 nitrogen and oxygen atoms in total. The van der Waals surface area contributed by atoms with Crippen molar-refractivity contribution in [1.82, 2.24) is 25.1 Å². The first-order valence-corrected chi connectivity index (χ1v) is 9.73. The van der Waals surface area contributed by atoms with Crippen LogP contribution in [0.3, 0.4) is 0 Å². The van der Waals surface area contributed by atoms with Crippen LogP contribution in [-0.2, 0) is 11.3 Å². The molecule has 26 heavy (non-hydrogen) atoms. The molecule has 2 N–H and O–H groups in total. The Bertz CT molecular complexity index is 962. The van der Waals surface area contributed by atoms with Gasteiger partial charge in [0, 0.05) is 24.7 Å². The van der Waals surface area contributed by atoms with Gasteiger partial charge in [0.2, 0.25) is 5.91 Å². The standard InChI is InChI=1S/C18H22N6OS/c1-4-24-8-12(7-19-24)16-13(5-6-14(25)23-16)22-17-15-10(2)9-26-18(15)21-11(3)20-17/h7-9,13,16H,4-6H2,1-3H3,(H,23,25)(H,20,21,22)/t13-,16+/m1/s1. The number of thiophene rings is 1. The number of anilines is 1. The zero-order valence-corrected chi connectivity index (χ0v) is 15.9. The van der Waals surface area contributed by atoms with Crippen LogP contribution < -0.4 is 10.6 Å². The molecule has 1 aliphatic rings. The fraction of sp³-hybridized carbons (Fsp3) is 0.444. The van der Waals surface area contributed by atoms with Gasteiger partial charge in [-0.2, -0.15) is 5.10 Å². The van der Waals surface area contributed by atoms with E-state index in [1.54, 1.807) is 11.3 Å². The molecule has 0 unspecified atom stereocenters. The predicted octanol–water partition coefficient (Wildman–Crippen LogP) is 2.96. The highest BCUT2D eigenvalue weighted by atomic mass is 32.1. The van der Waals surface area contributed by atoms with Gasteiger partial charge < -0.3 is 10.6 Å². The summed E-state index contributed by atoms with van der Waals surface area (Å²) in [5.41, 5.74) is 2.18. The van der Waals surface area contributed by atoms with E-state index in [-0.39, 0.29) is 18.0 Å². The topological polar surface area (TPSA) is 84.7 Å². The van der Waals surface area contributed by atoms with Crippen LogP contribution in [0.4, 0.5) is 5.82 Å². The van der Waals surface area contributed by atoms with Gasteiger partial charge in [-0.3, -0.25) is 9.48 Å². The lowest BCUT2D eigenvalue weighted by Gasteiger charge is -2.33. The number of nitrogens with one attached hydrogen (secondary N) is 2. The largest absolute Gasteiger partial charge is 0.364 e. The Morgan fingerprint density at radius 1 is 1.38 bits per heavy atom. The van der Waals surface area contributed by atoms with Gasteiger partial charge in [0.15, 0.2) is 0 Å². The first-order chi connectivity index (χ1) is 12.5. The normalized spacial score (nSPS) is 20.3. The van der Waals surface area contributed by atoms with Crippen molar-refractivity contribution in [2.45, 2.75) is 52.2 Å². The number of carbonyl (C=O) groups is 1. The second-order valence-electron chi connectivity index (χ2n) is 6.68. The van der Waals surface area contributed by atoms with Crippen LogP contribution in [0.5, 0.6) is 0 Å². The molecule has 0 saturated carbocycles. The summed E-state index contributed by atoms with van der Waals surface area (Å²) in [6.07, 6.45) is 5.10. The Hall–Kier alpha value is -2.48. The lowest BCUT2D eigenvalue weighted by molar-refractivity contribution is -0.123. The third-order valence-corrected chi connectivity index (χ3v) is 5.78. The van der Waals surface area contributed by atoms with Crippen LogP contribution >= 0.6 is 11.3 Å². The average molecular weight is 370 g/mol. The molecule has 3 aromatic rings. The van der Waals surface area contributed by atoms with E-state index in [1.165, 1.54) is 5.56 Å². The summed E-state index contributed by atoms with van der Waals surface area (Å²) in [6, 6.07) is -0.0696. The number of piperidine rings is 1. The molecule has 136 valence electrons. The Labute approximate surface area is 155 Å². The molecule has 4 heterocycles. The molecule has 1 saturated heterocycles. The van der Waals surface area contributed by atoms with Crippen LogP contribution in [0.15, 0.2) is 17.8 Å². The second kappa shape index (κ2) is 6.68. The maximum Gasteiger partial charge on any atom is 0.220 e. The fourth-order valence-electron chi connectivity index (χ4n) is 3.45. The number of nitrogens with zero attached hydrogens (tertiary/aromatic N) is 4. The number of carbonyl (C=O) groups excluding carboxylic acids is 1. The lowest BCUT2D eigenvalue weighted by Crippen LogP contribution is -2.45. The maximum absolute atomic E-state index is 12.0. The Morgan fingerprint density at radius 3 is 3.00 bits per heavy atom. The molecular weight excluding hydrogens is 348 g/mol. The summed E-state index contributed by atoms with van der Waals surface area (Å²) in [6.45, 7) is 6.84. The van der Waals surface area contributed by atoms with E-state index in [4.69, 9.17) is 0 Å². The molecule has 0 bridgehead atoms. The van der Waals surface area contributed by atoms with Crippen LogP contribution in [0, 0.1) is 13.8 Å². The molecule has 0 radical (unpaired) electrons. The number of aromatic nitrogens is 4. The van der Waals surface area contributed by atoms with E-state index in [2.05, 4.69) is 38.0 Å². The quantitative estimate of drug-likeness (QED) is 0.738. The van der Waals surface area contributed by atoms with Gasteiger partial charge in [0.1, 0.15) is 16.5 Å². The number of aryl methyl sites for hydroxylation is 3. The van der Waals surface area contributed by atoms with Crippen molar-refractivity contribution in [1.29, 1.82) is 0 Å². The SMILES string of the molecule is CCn1cc([C@@H]2NC(=O)CC[C@H]2Nc2nc(C)nc3scc(C)c23)cn1. The van der Waals surface area contributed by atoms with E-state index < -0.39 is 0 Å². The van der Waals surface area contributed by atoms with Gasteiger partial charge in [-0.1, -0.05) is 0 Å². The summed E-state index contributed by atoms with van der Waals surface area (Å²) in [5, 5.41) is 14.2. The molecular formula is C18H22N6OS. The Kier molecular flexibility index (Phi) is 4.36. The van der Waals surface area contributed by atoms with Gasteiger partial charge in [-0.05, 0) is 38.1 Å². The van der Waals surface area contributed by atoms with Crippen molar-refractivity contribution in [3.8, 4) is 0 Å². The minimum Gasteiger partial charge on any atom is -0.364 e. The molecule has 2 atom stereocenters. The van der Waals surface area contributed by atoms with Crippen LogP contribution in [0.1, 0.15) is 42.8 Å². The highest BCUT2D eigenvalue weighted by molar-refractivity contribution is 7.17. The van der Waals surface area contributed by atoms with Crippen molar-refractivity contribution in [3.05, 3.63) is 34.7 Å². The zero-order valence-electron chi connectivity index (χ0n) is 15.1. The Balaban J connectivity index is 1.69. The van der Waals surface area contributed by atoms with Crippen molar-refractivity contribution in [3.63, 3.8) is 0 Å². The van der Waals surface area contributed by atoms with Crippen LogP contribution in [0.2, 0.25) is 0 Å². The second-order valence-corrected chi connectivity index (χ2v) is 7.54. The number of rotatable bonds is 4. The number of amides is 1. The molecule has 1 amide bonds. The number of hydrogen-bond acceptors (Lipinski definition) is 6. The monoisotopic (exact) mass is 370 g/mol. The van der Waals surface area contributed by atoms with Crippen molar-refractivity contribution >= 4 is 33.3 Å². The fourth-order valence-corrected chi connectivity index (χ4v) is 4.42. The van der Waals surface area contributed by atoms with Gasteiger partial charge in [-0.25, -0.2) is 9.97 Å². The van der Waals surface area contributed by atoms with E-state index >= 15 is 0 Å². The molecule has 0 aromatic carbocycles. The summed E-state index contributed by atoms with van der Waals surface area (Å²) in [5.74, 6) is 1.67. The van der Waals surface area contributed by atoms with Crippen LogP contribution in [-0.4, -0.2) is 31.7 Å². The lowest BCUT2D eigenvalue weighted by atomic mass is 9.93.